The van der Waals surface area contributed by atoms with Gasteiger partial charge in [0, 0.05) is 41.2 Å². The van der Waals surface area contributed by atoms with Gasteiger partial charge < -0.3 is 10.6 Å². The molecule has 9 heteroatoms. The molecule has 0 unspecified atom stereocenters. The normalized spacial score (nSPS) is 10.5. The Hall–Kier alpha value is -5.10. The molecule has 0 fully saturated rings. The topological polar surface area (TPSA) is 117 Å². The number of rotatable bonds is 6. The maximum atomic E-state index is 9.51. The van der Waals surface area contributed by atoms with Crippen molar-refractivity contribution in [3.63, 3.8) is 0 Å². The van der Waals surface area contributed by atoms with Crippen LogP contribution in [0.5, 0.6) is 0 Å². The van der Waals surface area contributed by atoms with E-state index < -0.39 is 0 Å². The van der Waals surface area contributed by atoms with Gasteiger partial charge in [0.15, 0.2) is 0 Å². The van der Waals surface area contributed by atoms with Crippen molar-refractivity contribution in [1.29, 1.82) is 5.26 Å². The Morgan fingerprint density at radius 3 is 2.35 bits per heavy atom. The number of nitrogens with zero attached hydrogens (tertiary/aromatic N) is 7. The van der Waals surface area contributed by atoms with Gasteiger partial charge in [0.05, 0.1) is 23.0 Å². The summed E-state index contributed by atoms with van der Waals surface area (Å²) in [6, 6.07) is 21.0. The Labute approximate surface area is 195 Å². The Morgan fingerprint density at radius 2 is 1.62 bits per heavy atom. The summed E-state index contributed by atoms with van der Waals surface area (Å²) in [5.41, 5.74) is 5.44. The highest BCUT2D eigenvalue weighted by Gasteiger charge is 2.08. The molecule has 0 aliphatic heterocycles. The largest absolute Gasteiger partial charge is 0.355 e. The van der Waals surface area contributed by atoms with Gasteiger partial charge in [-0.1, -0.05) is 0 Å². The molecule has 3 aromatic heterocycles. The van der Waals surface area contributed by atoms with Crippen molar-refractivity contribution >= 4 is 23.0 Å². The summed E-state index contributed by atoms with van der Waals surface area (Å²) in [4.78, 5) is 17.2. The molecule has 5 rings (SSSR count). The first kappa shape index (κ1) is 20.8. The first-order valence-electron chi connectivity index (χ1n) is 10.5. The third kappa shape index (κ3) is 4.71. The molecule has 0 spiro atoms. The highest BCUT2D eigenvalue weighted by atomic mass is 15.3. The lowest BCUT2D eigenvalue weighted by Gasteiger charge is -2.11. The second-order valence-electron chi connectivity index (χ2n) is 7.45. The van der Waals surface area contributed by atoms with E-state index in [1.54, 1.807) is 41.7 Å². The molecule has 9 nitrogen and oxygen atoms in total. The minimum absolute atomic E-state index is 0.452. The molecule has 5 aromatic rings. The summed E-state index contributed by atoms with van der Waals surface area (Å²) in [7, 11) is 0. The molecule has 2 aromatic carbocycles. The van der Waals surface area contributed by atoms with Crippen LogP contribution in [0.1, 0.15) is 11.4 Å². The highest BCUT2D eigenvalue weighted by molar-refractivity contribution is 5.72. The Kier molecular flexibility index (Phi) is 5.61. The quantitative estimate of drug-likeness (QED) is 0.383. The van der Waals surface area contributed by atoms with Crippen molar-refractivity contribution in [3.05, 3.63) is 97.0 Å². The molecule has 0 aliphatic rings. The van der Waals surface area contributed by atoms with Crippen molar-refractivity contribution in [3.8, 4) is 23.0 Å². The predicted molar refractivity (Wildman–Crippen MR) is 129 cm³/mol. The van der Waals surface area contributed by atoms with Gasteiger partial charge in [-0.05, 0) is 67.6 Å². The second-order valence-corrected chi connectivity index (χ2v) is 7.45. The van der Waals surface area contributed by atoms with Crippen LogP contribution < -0.4 is 10.6 Å². The highest BCUT2D eigenvalue weighted by Crippen LogP contribution is 2.26. The molecule has 2 N–H and O–H groups in total. The zero-order valence-corrected chi connectivity index (χ0v) is 18.2. The van der Waals surface area contributed by atoms with Gasteiger partial charge in [-0.15, -0.1) is 0 Å². The number of pyridine rings is 1. The van der Waals surface area contributed by atoms with Gasteiger partial charge in [-0.25, -0.2) is 19.6 Å². The summed E-state index contributed by atoms with van der Waals surface area (Å²) in [5.74, 6) is 1.17. The number of aryl methyl sites for hydroxylation is 1. The van der Waals surface area contributed by atoms with E-state index in [2.05, 4.69) is 41.7 Å². The van der Waals surface area contributed by atoms with E-state index in [0.29, 0.717) is 23.0 Å². The Balaban J connectivity index is 1.38. The van der Waals surface area contributed by atoms with Crippen LogP contribution in [0.2, 0.25) is 0 Å². The number of nitrogens with one attached hydrogen (secondary N) is 2. The van der Waals surface area contributed by atoms with Crippen molar-refractivity contribution in [2.24, 2.45) is 0 Å². The van der Waals surface area contributed by atoms with Gasteiger partial charge in [0.2, 0.25) is 5.95 Å². The summed E-state index contributed by atoms with van der Waals surface area (Å²) in [5, 5.41) is 20.4. The van der Waals surface area contributed by atoms with E-state index in [4.69, 9.17) is 0 Å². The van der Waals surface area contributed by atoms with E-state index in [9.17, 15) is 5.26 Å². The van der Waals surface area contributed by atoms with Crippen LogP contribution in [-0.4, -0.2) is 29.7 Å². The van der Waals surface area contributed by atoms with Gasteiger partial charge >= 0.3 is 0 Å². The zero-order valence-electron chi connectivity index (χ0n) is 18.2. The Morgan fingerprint density at radius 1 is 0.824 bits per heavy atom. The summed E-state index contributed by atoms with van der Waals surface area (Å²) < 4.78 is 1.72. The molecule has 0 saturated heterocycles. The lowest BCUT2D eigenvalue weighted by molar-refractivity contribution is 0.863. The number of aromatic nitrogens is 6. The number of benzene rings is 2. The van der Waals surface area contributed by atoms with E-state index in [1.165, 1.54) is 0 Å². The predicted octanol–water partition coefficient (Wildman–Crippen LogP) is 4.79. The lowest BCUT2D eigenvalue weighted by Crippen LogP contribution is -2.00. The minimum Gasteiger partial charge on any atom is -0.355 e. The fourth-order valence-corrected chi connectivity index (χ4v) is 3.39. The van der Waals surface area contributed by atoms with Crippen LogP contribution in [0.3, 0.4) is 0 Å². The van der Waals surface area contributed by atoms with E-state index in [1.807, 2.05) is 55.5 Å². The molecule has 0 bridgehead atoms. The van der Waals surface area contributed by atoms with Crippen molar-refractivity contribution in [1.82, 2.24) is 29.7 Å². The first-order valence-corrected chi connectivity index (χ1v) is 10.5. The fourth-order valence-electron chi connectivity index (χ4n) is 3.39. The molecule has 164 valence electrons. The van der Waals surface area contributed by atoms with Gasteiger partial charge in [0.25, 0.3) is 0 Å². The minimum atomic E-state index is 0.452. The number of hydrogen-bond donors (Lipinski definition) is 2. The van der Waals surface area contributed by atoms with Crippen molar-refractivity contribution in [2.75, 3.05) is 10.6 Å². The van der Waals surface area contributed by atoms with Gasteiger partial charge in [0.1, 0.15) is 12.2 Å². The first-order chi connectivity index (χ1) is 16.7. The molecule has 3 heterocycles. The van der Waals surface area contributed by atoms with Crippen molar-refractivity contribution < 1.29 is 0 Å². The van der Waals surface area contributed by atoms with Crippen LogP contribution >= 0.6 is 0 Å². The van der Waals surface area contributed by atoms with E-state index in [0.717, 1.165) is 28.3 Å². The van der Waals surface area contributed by atoms with Crippen LogP contribution in [0, 0.1) is 18.3 Å². The number of hydrogen-bond acceptors (Lipinski definition) is 8. The second kappa shape index (κ2) is 9.18. The Bertz CT molecular complexity index is 1470. The average Bonchev–Trinajstić information content (AvgIpc) is 3.31. The zero-order chi connectivity index (χ0) is 23.3. The summed E-state index contributed by atoms with van der Waals surface area (Å²) in [6.45, 7) is 1.85. The van der Waals surface area contributed by atoms with Crippen LogP contribution in [0.25, 0.3) is 16.9 Å². The molecule has 0 radical (unpaired) electrons. The summed E-state index contributed by atoms with van der Waals surface area (Å²) >= 11 is 0. The monoisotopic (exact) mass is 445 g/mol. The third-order valence-corrected chi connectivity index (χ3v) is 4.98. The van der Waals surface area contributed by atoms with Gasteiger partial charge in [-0.2, -0.15) is 10.4 Å². The molecule has 0 aliphatic carbocycles. The molecule has 0 amide bonds. The SMILES string of the molecule is Cc1ncn(-c2ccc(Nc3nccc(-c4cc(C#N)cc(Nc5ccncc5)c4)n3)cc2)n1. The molecular formula is C25H19N9. The average molecular weight is 445 g/mol. The van der Waals surface area contributed by atoms with Gasteiger partial charge in [-0.3, -0.25) is 4.98 Å². The molecule has 34 heavy (non-hydrogen) atoms. The number of anilines is 4. The van der Waals surface area contributed by atoms with Crippen LogP contribution in [-0.2, 0) is 0 Å². The fraction of sp³-hybridized carbons (Fsp3) is 0.0400. The van der Waals surface area contributed by atoms with Crippen LogP contribution in [0.4, 0.5) is 23.0 Å². The standard InChI is InChI=1S/C25H19N9/c1-17-29-16-34(33-17)23-4-2-20(3-5-23)31-25-28-11-8-24(32-25)19-12-18(15-26)13-22(14-19)30-21-6-9-27-10-7-21/h2-14,16H,1H3,(H,27,30)(H,28,31,32). The lowest BCUT2D eigenvalue weighted by atomic mass is 10.1. The van der Waals surface area contributed by atoms with E-state index in [-0.39, 0.29) is 0 Å². The van der Waals surface area contributed by atoms with Crippen molar-refractivity contribution in [2.45, 2.75) is 6.92 Å². The number of nitriles is 1. The van der Waals surface area contributed by atoms with E-state index >= 15 is 0 Å². The smallest absolute Gasteiger partial charge is 0.227 e. The third-order valence-electron chi connectivity index (χ3n) is 4.98. The molecular weight excluding hydrogens is 426 g/mol. The molecule has 0 atom stereocenters. The summed E-state index contributed by atoms with van der Waals surface area (Å²) in [6.07, 6.45) is 6.78. The maximum Gasteiger partial charge on any atom is 0.227 e. The molecule has 0 saturated carbocycles. The van der Waals surface area contributed by atoms with Crippen LogP contribution in [0.15, 0.2) is 85.6 Å². The maximum absolute atomic E-state index is 9.51.